The molecule has 24 heavy (non-hydrogen) atoms. The van der Waals surface area contributed by atoms with Gasteiger partial charge in [-0.05, 0) is 43.7 Å². The van der Waals surface area contributed by atoms with Crippen molar-refractivity contribution in [3.05, 3.63) is 30.7 Å². The van der Waals surface area contributed by atoms with Crippen molar-refractivity contribution in [1.82, 2.24) is 20.4 Å². The fourth-order valence-electron chi connectivity index (χ4n) is 2.80. The van der Waals surface area contributed by atoms with Gasteiger partial charge in [-0.3, -0.25) is 4.79 Å². The minimum Gasteiger partial charge on any atom is -0.484 e. The third-order valence-electron chi connectivity index (χ3n) is 4.23. The van der Waals surface area contributed by atoms with Gasteiger partial charge < -0.3 is 19.4 Å². The van der Waals surface area contributed by atoms with Crippen LogP contribution >= 0.6 is 0 Å². The topological polar surface area (TPSA) is 80.5 Å². The maximum absolute atomic E-state index is 12.0. The van der Waals surface area contributed by atoms with E-state index in [9.17, 15) is 4.79 Å². The minimum atomic E-state index is -0.0778. The van der Waals surface area contributed by atoms with Crippen molar-refractivity contribution in [2.24, 2.45) is 0 Å². The van der Waals surface area contributed by atoms with Crippen molar-refractivity contribution >= 4 is 5.91 Å². The highest BCUT2D eigenvalue weighted by atomic mass is 16.5. The zero-order valence-corrected chi connectivity index (χ0v) is 13.8. The number of aromatic nitrogens is 2. The summed E-state index contributed by atoms with van der Waals surface area (Å²) in [6, 6.07) is 7.46. The van der Waals surface area contributed by atoms with Crippen molar-refractivity contribution in [1.29, 1.82) is 0 Å². The Kier molecular flexibility index (Phi) is 5.43. The van der Waals surface area contributed by atoms with Crippen LogP contribution < -0.4 is 10.1 Å². The summed E-state index contributed by atoms with van der Waals surface area (Å²) in [6.45, 7) is 5.34. The number of piperidine rings is 1. The lowest BCUT2D eigenvalue weighted by Crippen LogP contribution is -2.45. The summed E-state index contributed by atoms with van der Waals surface area (Å²) < 4.78 is 10.7. The molecule has 2 aromatic rings. The summed E-state index contributed by atoms with van der Waals surface area (Å²) in [5.41, 5.74) is 0.812. The van der Waals surface area contributed by atoms with Crippen molar-refractivity contribution in [2.75, 3.05) is 26.2 Å². The van der Waals surface area contributed by atoms with Crippen LogP contribution in [0.25, 0.3) is 11.5 Å². The summed E-state index contributed by atoms with van der Waals surface area (Å²) in [7, 11) is 0. The molecule has 1 amide bonds. The van der Waals surface area contributed by atoms with Crippen molar-refractivity contribution in [2.45, 2.75) is 25.8 Å². The van der Waals surface area contributed by atoms with E-state index in [0.717, 1.165) is 38.0 Å². The first-order valence-corrected chi connectivity index (χ1v) is 8.25. The third-order valence-corrected chi connectivity index (χ3v) is 4.23. The molecule has 1 saturated heterocycles. The Balaban J connectivity index is 1.43. The Morgan fingerprint density at radius 3 is 2.71 bits per heavy atom. The maximum Gasteiger partial charge on any atom is 0.258 e. The van der Waals surface area contributed by atoms with E-state index in [1.807, 2.05) is 12.1 Å². The standard InChI is InChI=1S/C17H22N4O3/c1-2-21-9-7-14(8-10-21)19-16(22)11-23-15-5-3-13(4-6-15)17-20-18-12-24-17/h3-6,12,14H,2,7-11H2,1H3,(H,19,22). The van der Waals surface area contributed by atoms with Gasteiger partial charge in [0.1, 0.15) is 5.75 Å². The molecule has 1 aromatic carbocycles. The van der Waals surface area contributed by atoms with Gasteiger partial charge in [-0.2, -0.15) is 0 Å². The molecule has 1 aliphatic heterocycles. The van der Waals surface area contributed by atoms with Crippen LogP contribution in [-0.4, -0.2) is 53.3 Å². The Bertz CT molecular complexity index is 634. The van der Waals surface area contributed by atoms with Gasteiger partial charge in [-0.1, -0.05) is 6.92 Å². The fraction of sp³-hybridized carbons (Fsp3) is 0.471. The zero-order valence-electron chi connectivity index (χ0n) is 13.8. The van der Waals surface area contributed by atoms with Crippen molar-refractivity contribution in [3.63, 3.8) is 0 Å². The highest BCUT2D eigenvalue weighted by Crippen LogP contribution is 2.20. The number of hydrogen-bond acceptors (Lipinski definition) is 6. The molecule has 1 aliphatic rings. The molecule has 3 rings (SSSR count). The molecule has 0 unspecified atom stereocenters. The van der Waals surface area contributed by atoms with Crippen molar-refractivity contribution in [3.8, 4) is 17.2 Å². The van der Waals surface area contributed by atoms with Gasteiger partial charge >= 0.3 is 0 Å². The van der Waals surface area contributed by atoms with E-state index < -0.39 is 0 Å². The van der Waals surface area contributed by atoms with E-state index in [0.29, 0.717) is 11.6 Å². The Hall–Kier alpha value is -2.41. The average Bonchev–Trinajstić information content (AvgIpc) is 3.16. The number of carbonyl (C=O) groups is 1. The summed E-state index contributed by atoms with van der Waals surface area (Å²) in [6.07, 6.45) is 3.28. The Morgan fingerprint density at radius 2 is 2.08 bits per heavy atom. The average molecular weight is 330 g/mol. The SMILES string of the molecule is CCN1CCC(NC(=O)COc2ccc(-c3nnco3)cc2)CC1. The molecule has 7 nitrogen and oxygen atoms in total. The summed E-state index contributed by atoms with van der Waals surface area (Å²) in [4.78, 5) is 14.4. The minimum absolute atomic E-state index is 0.0217. The van der Waals surface area contributed by atoms with E-state index >= 15 is 0 Å². The number of ether oxygens (including phenoxy) is 1. The highest BCUT2D eigenvalue weighted by molar-refractivity contribution is 5.77. The molecule has 1 aromatic heterocycles. The molecule has 2 heterocycles. The van der Waals surface area contributed by atoms with Gasteiger partial charge in [-0.25, -0.2) is 0 Å². The first-order valence-electron chi connectivity index (χ1n) is 8.25. The summed E-state index contributed by atoms with van der Waals surface area (Å²) >= 11 is 0. The maximum atomic E-state index is 12.0. The fourth-order valence-corrected chi connectivity index (χ4v) is 2.80. The molecule has 0 aliphatic carbocycles. The molecule has 1 fully saturated rings. The Morgan fingerprint density at radius 1 is 1.33 bits per heavy atom. The number of nitrogens with zero attached hydrogens (tertiary/aromatic N) is 3. The quantitative estimate of drug-likeness (QED) is 0.868. The van der Waals surface area contributed by atoms with Crippen LogP contribution in [0.4, 0.5) is 0 Å². The van der Waals surface area contributed by atoms with Crippen LogP contribution in [-0.2, 0) is 4.79 Å². The molecule has 128 valence electrons. The van der Waals surface area contributed by atoms with E-state index in [1.54, 1.807) is 12.1 Å². The monoisotopic (exact) mass is 330 g/mol. The molecular weight excluding hydrogens is 308 g/mol. The molecule has 0 radical (unpaired) electrons. The van der Waals surface area contributed by atoms with Crippen LogP contribution in [0.5, 0.6) is 5.75 Å². The first-order chi connectivity index (χ1) is 11.7. The van der Waals surface area contributed by atoms with Gasteiger partial charge in [0.25, 0.3) is 5.91 Å². The summed E-state index contributed by atoms with van der Waals surface area (Å²) in [5.74, 6) is 1.01. The summed E-state index contributed by atoms with van der Waals surface area (Å²) in [5, 5.41) is 10.5. The molecule has 1 N–H and O–H groups in total. The van der Waals surface area contributed by atoms with Gasteiger partial charge in [-0.15, -0.1) is 10.2 Å². The highest BCUT2D eigenvalue weighted by Gasteiger charge is 2.19. The number of carbonyl (C=O) groups excluding carboxylic acids is 1. The Labute approximate surface area is 141 Å². The number of amides is 1. The lowest BCUT2D eigenvalue weighted by molar-refractivity contribution is -0.124. The lowest BCUT2D eigenvalue weighted by Gasteiger charge is -2.31. The largest absolute Gasteiger partial charge is 0.484 e. The number of hydrogen-bond donors (Lipinski definition) is 1. The first kappa shape index (κ1) is 16.4. The molecule has 0 saturated carbocycles. The van der Waals surface area contributed by atoms with E-state index in [1.165, 1.54) is 6.39 Å². The van der Waals surface area contributed by atoms with Gasteiger partial charge in [0, 0.05) is 24.7 Å². The van der Waals surface area contributed by atoms with Gasteiger partial charge in [0.05, 0.1) is 0 Å². The third kappa shape index (κ3) is 4.32. The number of benzene rings is 1. The van der Waals surface area contributed by atoms with Gasteiger partial charge in [0.15, 0.2) is 6.61 Å². The van der Waals surface area contributed by atoms with E-state index in [2.05, 4.69) is 27.3 Å². The molecular formula is C17H22N4O3. The number of nitrogens with one attached hydrogen (secondary N) is 1. The van der Waals surface area contributed by atoms with Crippen LogP contribution in [0.3, 0.4) is 0 Å². The smallest absolute Gasteiger partial charge is 0.258 e. The van der Waals surface area contributed by atoms with Crippen LogP contribution in [0.15, 0.2) is 35.1 Å². The predicted molar refractivity (Wildman–Crippen MR) is 88.5 cm³/mol. The second kappa shape index (κ2) is 7.92. The molecule has 0 atom stereocenters. The van der Waals surface area contributed by atoms with E-state index in [4.69, 9.17) is 9.15 Å². The molecule has 0 spiro atoms. The number of likely N-dealkylation sites (tertiary alicyclic amines) is 1. The van der Waals surface area contributed by atoms with Crippen LogP contribution in [0.1, 0.15) is 19.8 Å². The predicted octanol–water partition coefficient (Wildman–Crippen LogP) is 1.72. The molecule has 0 bridgehead atoms. The number of rotatable bonds is 6. The second-order valence-corrected chi connectivity index (χ2v) is 5.83. The zero-order chi connectivity index (χ0) is 16.8. The van der Waals surface area contributed by atoms with Crippen LogP contribution in [0, 0.1) is 0 Å². The molecule has 7 heteroatoms. The van der Waals surface area contributed by atoms with Crippen molar-refractivity contribution < 1.29 is 13.9 Å². The van der Waals surface area contributed by atoms with Gasteiger partial charge in [0.2, 0.25) is 12.3 Å². The normalized spacial score (nSPS) is 16.0. The lowest BCUT2D eigenvalue weighted by atomic mass is 10.1. The van der Waals surface area contributed by atoms with E-state index in [-0.39, 0.29) is 18.6 Å². The second-order valence-electron chi connectivity index (χ2n) is 5.83. The van der Waals surface area contributed by atoms with Crippen LogP contribution in [0.2, 0.25) is 0 Å².